The Kier molecular flexibility index (Phi) is 5.28. The third kappa shape index (κ3) is 3.82. The van der Waals surface area contributed by atoms with Gasteiger partial charge in [-0.2, -0.15) is 5.10 Å². The van der Waals surface area contributed by atoms with Crippen molar-refractivity contribution in [1.29, 1.82) is 0 Å². The maximum absolute atomic E-state index is 14.0. The molecule has 1 fully saturated rings. The van der Waals surface area contributed by atoms with Gasteiger partial charge in [0.05, 0.1) is 17.3 Å². The number of nitrogens with zero attached hydrogens (tertiary/aromatic N) is 5. The third-order valence-corrected chi connectivity index (χ3v) is 6.09. The topological polar surface area (TPSA) is 78.0 Å². The number of fused-ring (bicyclic) bond motifs is 1. The molecule has 2 aromatic carbocycles. The summed E-state index contributed by atoms with van der Waals surface area (Å²) in [5, 5.41) is 8.12. The lowest BCUT2D eigenvalue weighted by Crippen LogP contribution is -2.32. The molecule has 0 aliphatic carbocycles. The van der Waals surface area contributed by atoms with E-state index in [9.17, 15) is 9.18 Å². The molecule has 0 radical (unpaired) electrons. The van der Waals surface area contributed by atoms with Gasteiger partial charge in [0.25, 0.3) is 5.91 Å². The van der Waals surface area contributed by atoms with Crippen molar-refractivity contribution in [3.63, 3.8) is 0 Å². The van der Waals surface area contributed by atoms with Crippen LogP contribution in [0.3, 0.4) is 0 Å². The van der Waals surface area contributed by atoms with Gasteiger partial charge in [-0.05, 0) is 49.6 Å². The van der Waals surface area contributed by atoms with Crippen LogP contribution in [0.25, 0.3) is 22.0 Å². The number of hydrogen-bond donors (Lipinski definition) is 1. The first-order valence-corrected chi connectivity index (χ1v) is 11.0. The Bertz CT molecular complexity index is 1350. The summed E-state index contributed by atoms with van der Waals surface area (Å²) in [5.74, 6) is 0.0858. The predicted molar refractivity (Wildman–Crippen MR) is 126 cm³/mol. The van der Waals surface area contributed by atoms with Gasteiger partial charge in [0.2, 0.25) is 5.95 Å². The Morgan fingerprint density at radius 2 is 2.06 bits per heavy atom. The molecule has 1 amide bonds. The minimum absolute atomic E-state index is 0.135. The molecule has 2 aromatic heterocycles. The van der Waals surface area contributed by atoms with E-state index >= 15 is 0 Å². The normalized spacial score (nSPS) is 15.9. The van der Waals surface area contributed by atoms with Gasteiger partial charge in [0.15, 0.2) is 5.69 Å². The van der Waals surface area contributed by atoms with E-state index < -0.39 is 0 Å². The third-order valence-electron chi connectivity index (χ3n) is 6.09. The molecule has 0 spiro atoms. The Labute approximate surface area is 191 Å². The van der Waals surface area contributed by atoms with Crippen molar-refractivity contribution in [2.45, 2.75) is 25.8 Å². The van der Waals surface area contributed by atoms with Crippen molar-refractivity contribution in [3.05, 3.63) is 71.4 Å². The number of nitrogens with one attached hydrogen (secondary N) is 1. The van der Waals surface area contributed by atoms with E-state index in [1.165, 1.54) is 12.1 Å². The number of anilines is 1. The first-order valence-electron chi connectivity index (χ1n) is 11.0. The molecule has 1 atom stereocenters. The quantitative estimate of drug-likeness (QED) is 0.501. The smallest absolute Gasteiger partial charge is 0.275 e. The van der Waals surface area contributed by atoms with Gasteiger partial charge in [-0.3, -0.25) is 9.89 Å². The highest BCUT2D eigenvalue weighted by molar-refractivity contribution is 6.05. The molecule has 7 nitrogen and oxygen atoms in total. The van der Waals surface area contributed by atoms with E-state index in [1.807, 2.05) is 55.1 Å². The lowest BCUT2D eigenvalue weighted by Gasteiger charge is -2.26. The van der Waals surface area contributed by atoms with E-state index in [-0.39, 0.29) is 17.8 Å². The van der Waals surface area contributed by atoms with Crippen LogP contribution in [0.1, 0.15) is 40.6 Å². The number of halogens is 1. The Morgan fingerprint density at radius 3 is 2.85 bits per heavy atom. The van der Waals surface area contributed by atoms with E-state index in [0.717, 1.165) is 40.6 Å². The number of likely N-dealkylation sites (tertiary alicyclic amines) is 1. The summed E-state index contributed by atoms with van der Waals surface area (Å²) in [6.45, 7) is 2.60. The number of benzene rings is 2. The number of amides is 1. The number of aromatic amines is 1. The molecule has 1 saturated heterocycles. The molecule has 5 rings (SSSR count). The molecule has 1 aliphatic heterocycles. The highest BCUT2D eigenvalue weighted by Gasteiger charge is 2.35. The highest BCUT2D eigenvalue weighted by Crippen LogP contribution is 2.38. The van der Waals surface area contributed by atoms with Gasteiger partial charge in [-0.1, -0.05) is 23.8 Å². The predicted octanol–water partition coefficient (Wildman–Crippen LogP) is 4.51. The number of aromatic nitrogens is 4. The first kappa shape index (κ1) is 21.1. The van der Waals surface area contributed by atoms with Gasteiger partial charge >= 0.3 is 0 Å². The summed E-state index contributed by atoms with van der Waals surface area (Å²) < 4.78 is 14.0. The molecular formula is C25H25FN6O. The largest absolute Gasteiger partial charge is 0.347 e. The monoisotopic (exact) mass is 444 g/mol. The molecule has 0 bridgehead atoms. The molecule has 1 unspecified atom stereocenters. The van der Waals surface area contributed by atoms with Crippen molar-refractivity contribution in [3.8, 4) is 11.1 Å². The van der Waals surface area contributed by atoms with Gasteiger partial charge in [-0.25, -0.2) is 14.4 Å². The van der Waals surface area contributed by atoms with Crippen molar-refractivity contribution in [1.82, 2.24) is 25.1 Å². The number of H-pyrrole nitrogens is 1. The van der Waals surface area contributed by atoms with Crippen LogP contribution in [0, 0.1) is 12.7 Å². The Hall–Kier alpha value is -3.81. The van der Waals surface area contributed by atoms with Crippen LogP contribution in [-0.2, 0) is 0 Å². The lowest BCUT2D eigenvalue weighted by molar-refractivity contribution is 0.0729. The molecule has 4 aromatic rings. The zero-order valence-electron chi connectivity index (χ0n) is 18.8. The minimum atomic E-state index is -0.326. The summed E-state index contributed by atoms with van der Waals surface area (Å²) in [5.41, 5.74) is 4.45. The first-order chi connectivity index (χ1) is 15.9. The average molecular weight is 445 g/mol. The fraction of sp³-hybridized carbons (Fsp3) is 0.280. The maximum atomic E-state index is 14.0. The second kappa shape index (κ2) is 8.27. The van der Waals surface area contributed by atoms with Gasteiger partial charge in [-0.15, -0.1) is 0 Å². The number of rotatable bonds is 4. The van der Waals surface area contributed by atoms with E-state index in [1.54, 1.807) is 12.3 Å². The van der Waals surface area contributed by atoms with Crippen molar-refractivity contribution in [2.24, 2.45) is 0 Å². The highest BCUT2D eigenvalue weighted by atomic mass is 19.1. The second-order valence-electron chi connectivity index (χ2n) is 8.65. The minimum Gasteiger partial charge on any atom is -0.347 e. The van der Waals surface area contributed by atoms with Gasteiger partial charge in [0, 0.05) is 37.8 Å². The fourth-order valence-electron chi connectivity index (χ4n) is 4.45. The van der Waals surface area contributed by atoms with Gasteiger partial charge in [0.1, 0.15) is 5.82 Å². The van der Waals surface area contributed by atoms with E-state index in [4.69, 9.17) is 4.98 Å². The molecule has 8 heteroatoms. The zero-order valence-corrected chi connectivity index (χ0v) is 18.8. The fourth-order valence-corrected chi connectivity index (χ4v) is 4.45. The number of carbonyl (C=O) groups is 1. The van der Waals surface area contributed by atoms with Crippen LogP contribution < -0.4 is 4.90 Å². The summed E-state index contributed by atoms with van der Waals surface area (Å²) in [6, 6.07) is 12.0. The number of aryl methyl sites for hydroxylation is 1. The maximum Gasteiger partial charge on any atom is 0.275 e. The number of hydrogen-bond acceptors (Lipinski definition) is 5. The molecule has 168 valence electrons. The average Bonchev–Trinajstić information content (AvgIpc) is 3.45. The summed E-state index contributed by atoms with van der Waals surface area (Å²) >= 11 is 0. The summed E-state index contributed by atoms with van der Waals surface area (Å²) in [4.78, 5) is 26.6. The lowest BCUT2D eigenvalue weighted by atomic mass is 9.99. The van der Waals surface area contributed by atoms with E-state index in [2.05, 4.69) is 15.2 Å². The number of carbonyl (C=O) groups excluding carboxylic acids is 1. The standard InChI is InChI=1S/C25H25FN6O/c1-15-9-10-20-18(12-15)23(30-29-20)24(33)32-11-5-8-21(32)22-19(14-27-25(28-22)31(2)3)16-6-4-7-17(26)13-16/h4,6-7,9-10,12-14,21H,5,8,11H2,1-3H3,(H,29,30). The van der Waals surface area contributed by atoms with Crippen molar-refractivity contribution < 1.29 is 9.18 Å². The Balaban J connectivity index is 1.59. The molecule has 1 aliphatic rings. The van der Waals surface area contributed by atoms with Gasteiger partial charge < -0.3 is 9.80 Å². The van der Waals surface area contributed by atoms with Crippen LogP contribution in [0.2, 0.25) is 0 Å². The second-order valence-corrected chi connectivity index (χ2v) is 8.65. The molecule has 3 heterocycles. The van der Waals surface area contributed by atoms with Crippen LogP contribution >= 0.6 is 0 Å². The molecule has 33 heavy (non-hydrogen) atoms. The van der Waals surface area contributed by atoms with Crippen LogP contribution in [0.4, 0.5) is 10.3 Å². The van der Waals surface area contributed by atoms with Crippen LogP contribution in [0.5, 0.6) is 0 Å². The van der Waals surface area contributed by atoms with Crippen LogP contribution in [0.15, 0.2) is 48.7 Å². The van der Waals surface area contributed by atoms with E-state index in [0.29, 0.717) is 23.8 Å². The Morgan fingerprint density at radius 1 is 1.21 bits per heavy atom. The molecular weight excluding hydrogens is 419 g/mol. The summed E-state index contributed by atoms with van der Waals surface area (Å²) in [6.07, 6.45) is 3.34. The molecule has 1 N–H and O–H groups in total. The van der Waals surface area contributed by atoms with Crippen LogP contribution in [-0.4, -0.2) is 51.6 Å². The van der Waals surface area contributed by atoms with Crippen molar-refractivity contribution >= 4 is 22.8 Å². The zero-order chi connectivity index (χ0) is 23.1. The molecule has 0 saturated carbocycles. The summed E-state index contributed by atoms with van der Waals surface area (Å²) in [7, 11) is 3.74. The van der Waals surface area contributed by atoms with Crippen molar-refractivity contribution in [2.75, 3.05) is 25.5 Å². The SMILES string of the molecule is Cc1ccc2[nH]nc(C(=O)N3CCCC3c3nc(N(C)C)ncc3-c3cccc(F)c3)c2c1.